The first kappa shape index (κ1) is 16.1. The van der Waals surface area contributed by atoms with Crippen molar-refractivity contribution in [3.05, 3.63) is 65.2 Å². The van der Waals surface area contributed by atoms with Crippen LogP contribution in [-0.2, 0) is 17.6 Å². The Morgan fingerprint density at radius 2 is 1.95 bits per heavy atom. The summed E-state index contributed by atoms with van der Waals surface area (Å²) in [5.74, 6) is 0.882. The summed E-state index contributed by atoms with van der Waals surface area (Å²) >= 11 is 0. The van der Waals surface area contributed by atoms with E-state index < -0.39 is 0 Å². The number of carbonyl (C=O) groups excluding carboxylic acids is 1. The van der Waals surface area contributed by atoms with Gasteiger partial charge < -0.3 is 10.1 Å². The molecule has 0 aromatic heterocycles. The zero-order valence-electron chi connectivity index (χ0n) is 13.3. The number of hydrogen-bond acceptors (Lipinski definition) is 2. The van der Waals surface area contributed by atoms with Crippen molar-refractivity contribution in [3.8, 4) is 5.75 Å². The van der Waals surface area contributed by atoms with E-state index >= 15 is 0 Å². The van der Waals surface area contributed by atoms with Crippen LogP contribution in [0.15, 0.2) is 48.5 Å². The quantitative estimate of drug-likeness (QED) is 0.796. The van der Waals surface area contributed by atoms with Gasteiger partial charge in [0.25, 0.3) is 0 Å². The van der Waals surface area contributed by atoms with Crippen molar-refractivity contribution in [3.63, 3.8) is 0 Å². The third kappa shape index (κ3) is 4.92. The molecule has 0 saturated carbocycles. The fraction of sp³-hybridized carbons (Fsp3) is 0.316. The molecule has 1 N–H and O–H groups in total. The highest BCUT2D eigenvalue weighted by atomic mass is 16.5. The van der Waals surface area contributed by atoms with Gasteiger partial charge in [0.1, 0.15) is 12.4 Å². The van der Waals surface area contributed by atoms with Crippen LogP contribution in [0.5, 0.6) is 5.75 Å². The summed E-state index contributed by atoms with van der Waals surface area (Å²) in [5.41, 5.74) is 3.46. The minimum absolute atomic E-state index is 0.0280. The van der Waals surface area contributed by atoms with Crippen molar-refractivity contribution in [2.75, 3.05) is 13.2 Å². The number of nitrogens with one attached hydrogen (secondary N) is 1. The van der Waals surface area contributed by atoms with Gasteiger partial charge >= 0.3 is 0 Å². The van der Waals surface area contributed by atoms with Gasteiger partial charge in [-0.3, -0.25) is 4.79 Å². The first-order valence-corrected chi connectivity index (χ1v) is 7.72. The average molecular weight is 297 g/mol. The molecule has 0 heterocycles. The van der Waals surface area contributed by atoms with E-state index in [4.69, 9.17) is 4.74 Å². The van der Waals surface area contributed by atoms with Crippen molar-refractivity contribution in [2.45, 2.75) is 26.7 Å². The maximum atomic E-state index is 11.9. The van der Waals surface area contributed by atoms with E-state index in [1.54, 1.807) is 0 Å². The smallest absolute Gasteiger partial charge is 0.224 e. The zero-order valence-corrected chi connectivity index (χ0v) is 13.3. The molecule has 2 rings (SSSR count). The fourth-order valence-corrected chi connectivity index (χ4v) is 2.26. The average Bonchev–Trinajstić information content (AvgIpc) is 2.54. The van der Waals surface area contributed by atoms with E-state index in [1.165, 1.54) is 5.56 Å². The van der Waals surface area contributed by atoms with Gasteiger partial charge in [-0.25, -0.2) is 0 Å². The van der Waals surface area contributed by atoms with Gasteiger partial charge in [-0.05, 0) is 42.2 Å². The van der Waals surface area contributed by atoms with Gasteiger partial charge in [-0.2, -0.15) is 0 Å². The van der Waals surface area contributed by atoms with E-state index in [9.17, 15) is 4.79 Å². The van der Waals surface area contributed by atoms with Crippen LogP contribution in [-0.4, -0.2) is 19.1 Å². The van der Waals surface area contributed by atoms with Crippen LogP contribution >= 0.6 is 0 Å². The molecule has 2 aromatic rings. The highest BCUT2D eigenvalue weighted by molar-refractivity contribution is 5.78. The molecule has 0 fully saturated rings. The van der Waals surface area contributed by atoms with Gasteiger partial charge in [0.15, 0.2) is 0 Å². The maximum absolute atomic E-state index is 11.9. The van der Waals surface area contributed by atoms with Gasteiger partial charge in [-0.15, -0.1) is 0 Å². The Morgan fingerprint density at radius 3 is 2.73 bits per heavy atom. The molecule has 1 amide bonds. The SMILES string of the molecule is CCc1cccc(OCCNC(=O)Cc2ccccc2C)c1. The molecule has 0 aliphatic carbocycles. The third-order valence-electron chi connectivity index (χ3n) is 3.61. The van der Waals surface area contributed by atoms with Crippen LogP contribution in [0.4, 0.5) is 0 Å². The summed E-state index contributed by atoms with van der Waals surface area (Å²) in [6.07, 6.45) is 1.41. The summed E-state index contributed by atoms with van der Waals surface area (Å²) in [6, 6.07) is 16.0. The lowest BCUT2D eigenvalue weighted by molar-refractivity contribution is -0.120. The number of rotatable bonds is 7. The van der Waals surface area contributed by atoms with Crippen molar-refractivity contribution < 1.29 is 9.53 Å². The minimum atomic E-state index is 0.0280. The molecular weight excluding hydrogens is 274 g/mol. The molecule has 22 heavy (non-hydrogen) atoms. The van der Waals surface area contributed by atoms with E-state index in [-0.39, 0.29) is 5.91 Å². The van der Waals surface area contributed by atoms with Gasteiger partial charge in [0.05, 0.1) is 13.0 Å². The van der Waals surface area contributed by atoms with E-state index in [1.807, 2.05) is 49.4 Å². The highest BCUT2D eigenvalue weighted by Crippen LogP contribution is 2.13. The summed E-state index contributed by atoms with van der Waals surface area (Å²) in [7, 11) is 0. The summed E-state index contributed by atoms with van der Waals surface area (Å²) in [4.78, 5) is 11.9. The van der Waals surface area contributed by atoms with Crippen LogP contribution in [0.1, 0.15) is 23.6 Å². The number of benzene rings is 2. The number of carbonyl (C=O) groups is 1. The van der Waals surface area contributed by atoms with Gasteiger partial charge in [-0.1, -0.05) is 43.3 Å². The molecule has 2 aromatic carbocycles. The Hall–Kier alpha value is -2.29. The second-order valence-electron chi connectivity index (χ2n) is 5.30. The third-order valence-corrected chi connectivity index (χ3v) is 3.61. The Kier molecular flexibility index (Phi) is 6.01. The van der Waals surface area contributed by atoms with Crippen LogP contribution in [0.25, 0.3) is 0 Å². The molecule has 3 heteroatoms. The summed E-state index contributed by atoms with van der Waals surface area (Å²) in [6.45, 7) is 5.13. The lowest BCUT2D eigenvalue weighted by atomic mass is 10.1. The van der Waals surface area contributed by atoms with Crippen LogP contribution < -0.4 is 10.1 Å². The standard InChI is InChI=1S/C19H23NO2/c1-3-16-8-6-10-18(13-16)22-12-11-20-19(21)14-17-9-5-4-7-15(17)2/h4-10,13H,3,11-12,14H2,1-2H3,(H,20,21). The van der Waals surface area contributed by atoms with Crippen molar-refractivity contribution >= 4 is 5.91 Å². The Labute approximate surface area is 132 Å². The van der Waals surface area contributed by atoms with Crippen LogP contribution in [0, 0.1) is 6.92 Å². The summed E-state index contributed by atoms with van der Waals surface area (Å²) in [5, 5.41) is 2.89. The maximum Gasteiger partial charge on any atom is 0.224 e. The van der Waals surface area contributed by atoms with Crippen molar-refractivity contribution in [2.24, 2.45) is 0 Å². The molecule has 0 bridgehead atoms. The Bertz CT molecular complexity index is 622. The van der Waals surface area contributed by atoms with Crippen LogP contribution in [0.3, 0.4) is 0 Å². The summed E-state index contributed by atoms with van der Waals surface area (Å²) < 4.78 is 5.66. The predicted octanol–water partition coefficient (Wildman–Crippen LogP) is 3.30. The van der Waals surface area contributed by atoms with Gasteiger partial charge in [0, 0.05) is 0 Å². The molecule has 3 nitrogen and oxygen atoms in total. The molecule has 0 atom stereocenters. The first-order chi connectivity index (χ1) is 10.7. The molecule has 0 radical (unpaired) electrons. The Balaban J connectivity index is 1.72. The molecule has 0 saturated heterocycles. The fourth-order valence-electron chi connectivity index (χ4n) is 2.26. The molecule has 0 aliphatic rings. The van der Waals surface area contributed by atoms with Gasteiger partial charge in [0.2, 0.25) is 5.91 Å². The number of aryl methyl sites for hydroxylation is 2. The monoisotopic (exact) mass is 297 g/mol. The molecule has 116 valence electrons. The molecule has 0 unspecified atom stereocenters. The van der Waals surface area contributed by atoms with Crippen molar-refractivity contribution in [1.29, 1.82) is 0 Å². The molecule has 0 aliphatic heterocycles. The molecular formula is C19H23NO2. The Morgan fingerprint density at radius 1 is 1.14 bits per heavy atom. The second-order valence-corrected chi connectivity index (χ2v) is 5.30. The normalized spacial score (nSPS) is 10.3. The van der Waals surface area contributed by atoms with Crippen molar-refractivity contribution in [1.82, 2.24) is 5.32 Å². The van der Waals surface area contributed by atoms with E-state index in [0.29, 0.717) is 19.6 Å². The van der Waals surface area contributed by atoms with E-state index in [0.717, 1.165) is 23.3 Å². The lowest BCUT2D eigenvalue weighted by Gasteiger charge is -2.09. The first-order valence-electron chi connectivity index (χ1n) is 7.72. The lowest BCUT2D eigenvalue weighted by Crippen LogP contribution is -2.29. The largest absolute Gasteiger partial charge is 0.492 e. The minimum Gasteiger partial charge on any atom is -0.492 e. The van der Waals surface area contributed by atoms with Crippen LogP contribution in [0.2, 0.25) is 0 Å². The second kappa shape index (κ2) is 8.23. The predicted molar refractivity (Wildman–Crippen MR) is 89.2 cm³/mol. The van der Waals surface area contributed by atoms with E-state index in [2.05, 4.69) is 18.3 Å². The highest BCUT2D eigenvalue weighted by Gasteiger charge is 2.05. The molecule has 0 spiro atoms. The topological polar surface area (TPSA) is 38.3 Å². The number of ether oxygens (including phenoxy) is 1. The number of hydrogen-bond donors (Lipinski definition) is 1. The number of amides is 1. The zero-order chi connectivity index (χ0) is 15.8.